The monoisotopic (exact) mass is 405 g/mol. The molecule has 0 aliphatic carbocycles. The lowest BCUT2D eigenvalue weighted by Gasteiger charge is -2.25. The van der Waals surface area contributed by atoms with Crippen LogP contribution in [0, 0.1) is 26.1 Å². The quantitative estimate of drug-likeness (QED) is 0.354. The Morgan fingerprint density at radius 2 is 2.03 bits per heavy atom. The van der Waals surface area contributed by atoms with Gasteiger partial charge in [-0.05, 0) is 38.2 Å². The van der Waals surface area contributed by atoms with Gasteiger partial charge in [0.1, 0.15) is 5.69 Å². The summed E-state index contributed by atoms with van der Waals surface area (Å²) in [5.74, 6) is 0.753. The predicted molar refractivity (Wildman–Crippen MR) is 110 cm³/mol. The summed E-state index contributed by atoms with van der Waals surface area (Å²) in [4.78, 5) is 34.7. The number of nitrogens with one attached hydrogen (secondary N) is 1. The van der Waals surface area contributed by atoms with Gasteiger partial charge in [-0.3, -0.25) is 30.4 Å². The molecule has 1 saturated heterocycles. The Labute approximate surface area is 169 Å². The fraction of sp³-hybridized carbons (Fsp3) is 0.579. The highest BCUT2D eigenvalue weighted by atomic mass is 16.6. The second-order valence-electron chi connectivity index (χ2n) is 7.68. The van der Waals surface area contributed by atoms with E-state index in [1.54, 1.807) is 6.92 Å². The topological polar surface area (TPSA) is 131 Å². The smallest absolute Gasteiger partial charge is 0.301 e. The second kappa shape index (κ2) is 9.94. The predicted octanol–water partition coefficient (Wildman–Crippen LogP) is 4.11. The molecular weight excluding hydrogens is 378 g/mol. The van der Waals surface area contributed by atoms with E-state index in [0.29, 0.717) is 31.0 Å². The molecule has 1 unspecified atom stereocenters. The van der Waals surface area contributed by atoms with Crippen LogP contribution in [0.25, 0.3) is 0 Å². The van der Waals surface area contributed by atoms with E-state index in [1.807, 2.05) is 4.90 Å². The third-order valence-electron chi connectivity index (χ3n) is 5.00. The Hall–Kier alpha value is -3.04. The molecular formula is C19H27N5O5. The van der Waals surface area contributed by atoms with Gasteiger partial charge in [0.05, 0.1) is 15.9 Å². The molecule has 0 aromatic heterocycles. The van der Waals surface area contributed by atoms with Gasteiger partial charge in [0, 0.05) is 37.2 Å². The second-order valence-corrected chi connectivity index (χ2v) is 7.68. The number of nitro groups is 2. The summed E-state index contributed by atoms with van der Waals surface area (Å²) in [5.41, 5.74) is 2.60. The maximum atomic E-state index is 12.2. The molecule has 0 radical (unpaired) electrons. The van der Waals surface area contributed by atoms with Crippen LogP contribution in [0.15, 0.2) is 23.3 Å². The molecule has 0 saturated carbocycles. The third kappa shape index (κ3) is 6.23. The van der Waals surface area contributed by atoms with Gasteiger partial charge in [-0.2, -0.15) is 5.10 Å². The van der Waals surface area contributed by atoms with Crippen LogP contribution >= 0.6 is 0 Å². The van der Waals surface area contributed by atoms with E-state index in [1.165, 1.54) is 12.1 Å². The largest absolute Gasteiger partial charge is 0.339 e. The van der Waals surface area contributed by atoms with Crippen molar-refractivity contribution in [1.82, 2.24) is 4.90 Å². The number of amides is 1. The number of hydrazone groups is 1. The van der Waals surface area contributed by atoms with Crippen LogP contribution in [0.1, 0.15) is 52.9 Å². The Bertz CT molecular complexity index is 808. The summed E-state index contributed by atoms with van der Waals surface area (Å²) in [6.45, 7) is 6.66. The zero-order chi connectivity index (χ0) is 21.6. The highest BCUT2D eigenvalue weighted by Gasteiger charge is 2.30. The van der Waals surface area contributed by atoms with Crippen molar-refractivity contribution in [2.24, 2.45) is 11.0 Å². The van der Waals surface area contributed by atoms with Gasteiger partial charge < -0.3 is 4.90 Å². The first-order valence-corrected chi connectivity index (χ1v) is 9.70. The Morgan fingerprint density at radius 3 is 2.66 bits per heavy atom. The first-order chi connectivity index (χ1) is 13.7. The van der Waals surface area contributed by atoms with E-state index < -0.39 is 15.5 Å². The summed E-state index contributed by atoms with van der Waals surface area (Å²) >= 11 is 0. The van der Waals surface area contributed by atoms with Crippen molar-refractivity contribution in [1.29, 1.82) is 0 Å². The summed E-state index contributed by atoms with van der Waals surface area (Å²) in [7, 11) is 0. The van der Waals surface area contributed by atoms with Crippen molar-refractivity contribution < 1.29 is 14.6 Å². The molecule has 29 heavy (non-hydrogen) atoms. The van der Waals surface area contributed by atoms with Crippen LogP contribution in [0.3, 0.4) is 0 Å². The van der Waals surface area contributed by atoms with Crippen molar-refractivity contribution in [3.05, 3.63) is 38.4 Å². The molecule has 10 heteroatoms. The van der Waals surface area contributed by atoms with Gasteiger partial charge in [0.25, 0.3) is 5.69 Å². The molecule has 1 aliphatic rings. The molecule has 1 fully saturated rings. The molecule has 0 spiro atoms. The van der Waals surface area contributed by atoms with Gasteiger partial charge in [-0.1, -0.05) is 13.8 Å². The number of likely N-dealkylation sites (tertiary alicyclic amines) is 1. The number of carbonyl (C=O) groups is 1. The molecule has 158 valence electrons. The SMILES string of the molecule is C/C(CCN1C(=O)CCC1CCC(C)C)=N/Nc1ccc([N+](=O)[O-])cc1[N+](=O)[O-]. The van der Waals surface area contributed by atoms with Gasteiger partial charge in [-0.25, -0.2) is 0 Å². The number of nitro benzene ring substituents is 2. The van der Waals surface area contributed by atoms with Gasteiger partial charge in [0.2, 0.25) is 5.91 Å². The Morgan fingerprint density at radius 1 is 1.31 bits per heavy atom. The van der Waals surface area contributed by atoms with E-state index >= 15 is 0 Å². The van der Waals surface area contributed by atoms with Crippen LogP contribution < -0.4 is 5.43 Å². The number of nitrogens with zero attached hydrogens (tertiary/aromatic N) is 4. The number of hydrogen-bond acceptors (Lipinski definition) is 7. The molecule has 1 aromatic carbocycles. The molecule has 1 heterocycles. The number of rotatable bonds is 10. The summed E-state index contributed by atoms with van der Waals surface area (Å²) in [6, 6.07) is 3.61. The number of carbonyl (C=O) groups excluding carboxylic acids is 1. The van der Waals surface area contributed by atoms with Gasteiger partial charge in [-0.15, -0.1) is 0 Å². The van der Waals surface area contributed by atoms with Crippen LogP contribution in [0.5, 0.6) is 0 Å². The minimum absolute atomic E-state index is 0.0759. The molecule has 0 bridgehead atoms. The van der Waals surface area contributed by atoms with E-state index in [-0.39, 0.29) is 23.3 Å². The summed E-state index contributed by atoms with van der Waals surface area (Å²) in [6.07, 6.45) is 4.07. The van der Waals surface area contributed by atoms with E-state index in [4.69, 9.17) is 0 Å². The third-order valence-corrected chi connectivity index (χ3v) is 5.00. The molecule has 1 aromatic rings. The highest BCUT2D eigenvalue weighted by molar-refractivity contribution is 5.84. The van der Waals surface area contributed by atoms with Crippen LogP contribution in [0.2, 0.25) is 0 Å². The van der Waals surface area contributed by atoms with Crippen molar-refractivity contribution in [2.45, 2.75) is 58.9 Å². The zero-order valence-corrected chi connectivity index (χ0v) is 17.0. The normalized spacial score (nSPS) is 17.1. The fourth-order valence-electron chi connectivity index (χ4n) is 3.30. The number of non-ortho nitro benzene ring substituents is 1. The number of benzene rings is 1. The van der Waals surface area contributed by atoms with E-state index in [2.05, 4.69) is 24.4 Å². The standard InChI is InChI=1S/C19H27N5O5/c1-13(2)4-5-15-7-9-19(25)22(15)11-10-14(3)20-21-17-8-6-16(23(26)27)12-18(17)24(28)29/h6,8,12-13,15,21H,4-5,7,9-11H2,1-3H3/b20-14-. The number of anilines is 1. The lowest BCUT2D eigenvalue weighted by atomic mass is 10.0. The lowest BCUT2D eigenvalue weighted by molar-refractivity contribution is -0.393. The van der Waals surface area contributed by atoms with Gasteiger partial charge in [0.15, 0.2) is 0 Å². The highest BCUT2D eigenvalue weighted by Crippen LogP contribution is 2.29. The van der Waals surface area contributed by atoms with Crippen LogP contribution in [-0.4, -0.2) is 39.0 Å². The molecule has 2 rings (SSSR count). The Kier molecular flexibility index (Phi) is 7.63. The maximum Gasteiger partial charge on any atom is 0.301 e. The molecule has 1 amide bonds. The lowest BCUT2D eigenvalue weighted by Crippen LogP contribution is -2.34. The van der Waals surface area contributed by atoms with Crippen LogP contribution in [0.4, 0.5) is 17.1 Å². The average Bonchev–Trinajstić information content (AvgIpc) is 3.02. The minimum Gasteiger partial charge on any atom is -0.339 e. The van der Waals surface area contributed by atoms with Crippen molar-refractivity contribution in [3.8, 4) is 0 Å². The zero-order valence-electron chi connectivity index (χ0n) is 17.0. The maximum absolute atomic E-state index is 12.2. The minimum atomic E-state index is -0.692. The molecule has 10 nitrogen and oxygen atoms in total. The molecule has 1 N–H and O–H groups in total. The van der Waals surface area contributed by atoms with Crippen LogP contribution in [-0.2, 0) is 4.79 Å². The molecule has 1 atom stereocenters. The van der Waals surface area contributed by atoms with Crippen molar-refractivity contribution in [2.75, 3.05) is 12.0 Å². The van der Waals surface area contributed by atoms with Gasteiger partial charge >= 0.3 is 5.69 Å². The first-order valence-electron chi connectivity index (χ1n) is 9.70. The fourth-order valence-corrected chi connectivity index (χ4v) is 3.30. The summed E-state index contributed by atoms with van der Waals surface area (Å²) < 4.78 is 0. The van der Waals surface area contributed by atoms with Crippen molar-refractivity contribution >= 4 is 28.7 Å². The summed E-state index contributed by atoms with van der Waals surface area (Å²) in [5, 5.41) is 26.1. The number of hydrogen-bond donors (Lipinski definition) is 1. The van der Waals surface area contributed by atoms with Crippen molar-refractivity contribution in [3.63, 3.8) is 0 Å². The Balaban J connectivity index is 1.99. The average molecular weight is 405 g/mol. The van der Waals surface area contributed by atoms with E-state index in [0.717, 1.165) is 25.3 Å². The first kappa shape index (κ1) is 22.3. The van der Waals surface area contributed by atoms with E-state index in [9.17, 15) is 25.0 Å². The molecule has 1 aliphatic heterocycles.